The third-order valence-corrected chi connectivity index (χ3v) is 9.06. The molecule has 0 heterocycles. The molecule has 0 aliphatic carbocycles. The van der Waals surface area contributed by atoms with Crippen molar-refractivity contribution in [3.63, 3.8) is 0 Å². The fourth-order valence-corrected chi connectivity index (χ4v) is 5.56. The van der Waals surface area contributed by atoms with Crippen molar-refractivity contribution in [2.24, 2.45) is 0 Å². The van der Waals surface area contributed by atoms with Crippen molar-refractivity contribution >= 4 is 48.4 Å². The Morgan fingerprint density at radius 2 is 0.984 bits per heavy atom. The van der Waals surface area contributed by atoms with E-state index in [0.717, 1.165) is 12.8 Å². The molecule has 0 rings (SSSR count). The second-order valence-corrected chi connectivity index (χ2v) is 14.6. The summed E-state index contributed by atoms with van der Waals surface area (Å²) in [7, 11) is 1.52. The highest BCUT2D eigenvalue weighted by Gasteiger charge is 2.18. The second kappa shape index (κ2) is 50.2. The summed E-state index contributed by atoms with van der Waals surface area (Å²) in [5, 5.41) is 36.9. The van der Waals surface area contributed by atoms with Crippen LogP contribution in [0.25, 0.3) is 0 Å². The van der Waals surface area contributed by atoms with E-state index in [1.54, 1.807) is 6.92 Å². The summed E-state index contributed by atoms with van der Waals surface area (Å²) in [4.78, 5) is 86.5. The van der Waals surface area contributed by atoms with Crippen molar-refractivity contribution in [1.82, 2.24) is 26.6 Å². The summed E-state index contributed by atoms with van der Waals surface area (Å²) >= 11 is 0. The van der Waals surface area contributed by atoms with Gasteiger partial charge in [-0.2, -0.15) is 0 Å². The van der Waals surface area contributed by atoms with E-state index in [-0.39, 0.29) is 108 Å². The van der Waals surface area contributed by atoms with E-state index in [0.29, 0.717) is 32.6 Å². The molecule has 368 valence electrons. The zero-order valence-electron chi connectivity index (χ0n) is 38.3. The molecule has 0 unspecified atom stereocenters. The lowest BCUT2D eigenvalue weighted by atomic mass is 10.0. The third kappa shape index (κ3) is 53.7. The van der Waals surface area contributed by atoms with Gasteiger partial charge >= 0.3 is 11.9 Å². The Bertz CT molecular complexity index is 1170. The number of carboxylic acid groups (broad SMARTS) is 3. The van der Waals surface area contributed by atoms with Crippen molar-refractivity contribution in [1.29, 1.82) is 0 Å². The maximum atomic E-state index is 11.9. The Hall–Kier alpha value is -4.40. The zero-order valence-corrected chi connectivity index (χ0v) is 38.3. The van der Waals surface area contributed by atoms with Gasteiger partial charge in [-0.3, -0.25) is 33.6 Å². The Morgan fingerprint density at radius 3 is 1.43 bits per heavy atom. The minimum atomic E-state index is -1.22. The maximum Gasteiger partial charge on any atom is 0.326 e. The maximum absolute atomic E-state index is 11.9. The van der Waals surface area contributed by atoms with E-state index >= 15 is 0 Å². The van der Waals surface area contributed by atoms with E-state index in [9.17, 15) is 33.6 Å². The highest BCUT2D eigenvalue weighted by Crippen LogP contribution is 2.13. The summed E-state index contributed by atoms with van der Waals surface area (Å²) in [6.45, 7) is 5.79. The molecule has 20 nitrogen and oxygen atoms in total. The molecule has 0 saturated carbocycles. The summed E-state index contributed by atoms with van der Waals surface area (Å²) in [5.41, 5.74) is 0. The number of ether oxygens (including phenoxy) is 4. The van der Waals surface area contributed by atoms with E-state index in [1.807, 2.05) is 0 Å². The molecule has 0 aliphatic heterocycles. The third-order valence-electron chi connectivity index (χ3n) is 9.06. The zero-order chi connectivity index (χ0) is 47.6. The van der Waals surface area contributed by atoms with Crippen LogP contribution in [0.1, 0.15) is 142 Å². The number of amides is 5. The van der Waals surface area contributed by atoms with Crippen molar-refractivity contribution in [2.45, 2.75) is 154 Å². The van der Waals surface area contributed by atoms with E-state index < -0.39 is 18.0 Å². The van der Waals surface area contributed by atoms with Gasteiger partial charge in [0.25, 0.3) is 6.47 Å². The fourth-order valence-electron chi connectivity index (χ4n) is 5.56. The lowest BCUT2D eigenvalue weighted by Gasteiger charge is -2.15. The molecule has 0 radical (unpaired) electrons. The molecular weight excluding hydrogens is 826 g/mol. The van der Waals surface area contributed by atoms with Crippen LogP contribution in [0.2, 0.25) is 0 Å². The molecular formula is C43H81N5O15. The van der Waals surface area contributed by atoms with Gasteiger partial charge in [0, 0.05) is 45.4 Å². The average Bonchev–Trinajstić information content (AvgIpc) is 3.25. The predicted molar refractivity (Wildman–Crippen MR) is 236 cm³/mol. The van der Waals surface area contributed by atoms with Gasteiger partial charge in [-0.15, -0.1) is 0 Å². The second-order valence-electron chi connectivity index (χ2n) is 14.6. The molecule has 20 heteroatoms. The van der Waals surface area contributed by atoms with Crippen LogP contribution in [0.4, 0.5) is 0 Å². The van der Waals surface area contributed by atoms with Gasteiger partial charge in [0.2, 0.25) is 30.0 Å². The smallest absolute Gasteiger partial charge is 0.326 e. The molecule has 0 aromatic heterocycles. The Kier molecular flexibility index (Phi) is 50.2. The number of hydrogen-bond donors (Lipinski definition) is 8. The SMILES string of the molecule is CCCCCCCCCCCCCCCCCC(=O)O.CNC(=O)COCCOCCNC(=O)COCCOCCNC(=O)CC[C@@H](C)NC(=O)CC[C@H](NC=O)C(=O)O.O=CO. The van der Waals surface area contributed by atoms with E-state index in [2.05, 4.69) is 33.5 Å². The molecule has 2 atom stereocenters. The number of nitrogens with one attached hydrogen (secondary N) is 5. The van der Waals surface area contributed by atoms with Crippen molar-refractivity contribution in [3.8, 4) is 0 Å². The van der Waals surface area contributed by atoms with Crippen LogP contribution >= 0.6 is 0 Å². The molecule has 8 N–H and O–H groups in total. The number of likely N-dealkylation sites (N-methyl/N-ethyl adjacent to an activating group) is 1. The van der Waals surface area contributed by atoms with Crippen molar-refractivity contribution in [3.05, 3.63) is 0 Å². The molecule has 0 saturated heterocycles. The van der Waals surface area contributed by atoms with Crippen LogP contribution in [0.5, 0.6) is 0 Å². The van der Waals surface area contributed by atoms with Gasteiger partial charge in [-0.05, 0) is 26.2 Å². The van der Waals surface area contributed by atoms with Gasteiger partial charge in [0.05, 0.1) is 39.6 Å². The molecule has 0 aliphatic rings. The number of hydrogen-bond acceptors (Lipinski definition) is 12. The molecule has 0 aromatic carbocycles. The minimum absolute atomic E-state index is 0.0276. The van der Waals surface area contributed by atoms with Gasteiger partial charge in [-0.1, -0.05) is 96.8 Å². The topological polar surface area (TPSA) is 294 Å². The highest BCUT2D eigenvalue weighted by atomic mass is 16.5. The minimum Gasteiger partial charge on any atom is -0.483 e. The molecule has 0 spiro atoms. The lowest BCUT2D eigenvalue weighted by Crippen LogP contribution is -2.38. The van der Waals surface area contributed by atoms with Crippen LogP contribution in [-0.2, 0) is 57.3 Å². The molecule has 0 fully saturated rings. The van der Waals surface area contributed by atoms with Gasteiger partial charge in [0.15, 0.2) is 0 Å². The molecule has 63 heavy (non-hydrogen) atoms. The van der Waals surface area contributed by atoms with Crippen LogP contribution in [-0.4, -0.2) is 149 Å². The quantitative estimate of drug-likeness (QED) is 0.0322. The van der Waals surface area contributed by atoms with Crippen LogP contribution in [0.3, 0.4) is 0 Å². The number of aliphatic carboxylic acids is 2. The van der Waals surface area contributed by atoms with Gasteiger partial charge < -0.3 is 60.9 Å². The van der Waals surface area contributed by atoms with Crippen LogP contribution in [0, 0.1) is 0 Å². The summed E-state index contributed by atoms with van der Waals surface area (Å²) in [6, 6.07) is -1.42. The van der Waals surface area contributed by atoms with Gasteiger partial charge in [0.1, 0.15) is 19.3 Å². The van der Waals surface area contributed by atoms with Crippen molar-refractivity contribution < 1.29 is 72.6 Å². The summed E-state index contributed by atoms with van der Waals surface area (Å²) < 4.78 is 20.9. The normalized spacial score (nSPS) is 11.3. The highest BCUT2D eigenvalue weighted by molar-refractivity contribution is 5.80. The number of carboxylic acids is 2. The first kappa shape index (κ1) is 62.9. The molecule has 5 amide bonds. The first-order valence-electron chi connectivity index (χ1n) is 22.4. The monoisotopic (exact) mass is 908 g/mol. The van der Waals surface area contributed by atoms with Gasteiger partial charge in [-0.25, -0.2) is 4.79 Å². The summed E-state index contributed by atoms with van der Waals surface area (Å²) in [5.74, 6) is -2.96. The number of rotatable bonds is 42. The van der Waals surface area contributed by atoms with Crippen LogP contribution in [0.15, 0.2) is 0 Å². The summed E-state index contributed by atoms with van der Waals surface area (Å²) in [6.07, 6.45) is 20.9. The number of unbranched alkanes of at least 4 members (excludes halogenated alkanes) is 14. The standard InChI is InChI=1S/C24H43N5O11.C18H36O2.CH2O2/c1-18(29-21(32)6-4-19(24(35)36)28-17-30)3-5-20(31)26-7-9-37-12-14-40-16-23(34)27-8-10-38-11-13-39-15-22(33)25-2;1-2-3-4-5-6-7-8-9-10-11-12-13-14-15-16-17-18(19)20;2-1-3/h17-19H,3-16H2,1-2H3,(H,25,33)(H,26,31)(H,27,34)(H,28,30)(H,29,32)(H,35,36);2-17H2,1H3,(H,19,20);1H,(H,2,3)/t18-,19+;;/m1../s1. The Labute approximate surface area is 374 Å². The lowest BCUT2D eigenvalue weighted by molar-refractivity contribution is -0.141. The number of carbonyl (C=O) groups is 8. The number of carbonyl (C=O) groups excluding carboxylic acids is 5. The first-order valence-corrected chi connectivity index (χ1v) is 22.4. The molecule has 0 bridgehead atoms. The first-order chi connectivity index (χ1) is 30.4. The van der Waals surface area contributed by atoms with E-state index in [1.165, 1.54) is 90.5 Å². The predicted octanol–water partition coefficient (Wildman–Crippen LogP) is 3.33. The average molecular weight is 908 g/mol. The molecule has 0 aromatic rings. The van der Waals surface area contributed by atoms with E-state index in [4.69, 9.17) is 39.1 Å². The Morgan fingerprint density at radius 1 is 0.556 bits per heavy atom. The Balaban J connectivity index is -0.00000130. The largest absolute Gasteiger partial charge is 0.483 e. The van der Waals surface area contributed by atoms with Crippen LogP contribution < -0.4 is 26.6 Å². The van der Waals surface area contributed by atoms with Crippen molar-refractivity contribution in [2.75, 3.05) is 73.0 Å². The fraction of sp³-hybridized carbons (Fsp3) is 0.814.